The molecule has 1 fully saturated rings. The zero-order valence-corrected chi connectivity index (χ0v) is 12.6. The minimum absolute atomic E-state index is 0.260. The van der Waals surface area contributed by atoms with Crippen molar-refractivity contribution in [3.8, 4) is 0 Å². The Morgan fingerprint density at radius 1 is 1.10 bits per heavy atom. The molecule has 2 rings (SSSR count). The summed E-state index contributed by atoms with van der Waals surface area (Å²) in [5, 5.41) is 15.7. The number of anilines is 1. The van der Waals surface area contributed by atoms with Crippen LogP contribution in [0.4, 0.5) is 5.69 Å². The fraction of sp³-hybridized carbons (Fsp3) is 0.647. The Morgan fingerprint density at radius 3 is 2.45 bits per heavy atom. The first-order valence-electron chi connectivity index (χ1n) is 7.95. The van der Waals surface area contributed by atoms with Gasteiger partial charge in [0.2, 0.25) is 0 Å². The molecule has 3 nitrogen and oxygen atoms in total. The Hall–Kier alpha value is -1.06. The first-order valence-corrected chi connectivity index (χ1v) is 7.95. The zero-order valence-electron chi connectivity index (χ0n) is 12.6. The van der Waals surface area contributed by atoms with Crippen molar-refractivity contribution in [2.45, 2.75) is 51.6 Å². The minimum atomic E-state index is 0.260. The molecule has 0 amide bonds. The molecule has 3 N–H and O–H groups in total. The highest BCUT2D eigenvalue weighted by Gasteiger charge is 2.17. The summed E-state index contributed by atoms with van der Waals surface area (Å²) in [6.07, 6.45) is 6.12. The predicted molar refractivity (Wildman–Crippen MR) is 84.9 cm³/mol. The third-order valence-electron chi connectivity index (χ3n) is 4.18. The number of aliphatic hydroxyl groups is 1. The Balaban J connectivity index is 1.73. The van der Waals surface area contributed by atoms with Gasteiger partial charge in [-0.05, 0) is 62.3 Å². The summed E-state index contributed by atoms with van der Waals surface area (Å²) < 4.78 is 0. The van der Waals surface area contributed by atoms with E-state index in [9.17, 15) is 0 Å². The smallest absolute Gasteiger partial charge is 0.0443 e. The van der Waals surface area contributed by atoms with Gasteiger partial charge in [-0.2, -0.15) is 0 Å². The van der Waals surface area contributed by atoms with Gasteiger partial charge in [0.15, 0.2) is 0 Å². The van der Waals surface area contributed by atoms with Gasteiger partial charge in [-0.15, -0.1) is 0 Å². The van der Waals surface area contributed by atoms with Crippen LogP contribution in [-0.2, 0) is 6.54 Å². The van der Waals surface area contributed by atoms with Gasteiger partial charge < -0.3 is 15.7 Å². The highest BCUT2D eigenvalue weighted by Crippen LogP contribution is 2.26. The molecule has 0 atom stereocenters. The van der Waals surface area contributed by atoms with Gasteiger partial charge >= 0.3 is 0 Å². The lowest BCUT2D eigenvalue weighted by Gasteiger charge is -2.27. The van der Waals surface area contributed by atoms with Crippen molar-refractivity contribution in [2.75, 3.05) is 18.5 Å². The molecule has 0 saturated heterocycles. The molecule has 1 aliphatic carbocycles. The van der Waals surface area contributed by atoms with Crippen molar-refractivity contribution >= 4 is 5.69 Å². The monoisotopic (exact) mass is 276 g/mol. The maximum atomic E-state index is 8.72. The SMILES string of the molecule is CC1CCC(Nc2ccc(CNCCCO)cc2)CC1. The molecule has 1 aliphatic rings. The fourth-order valence-corrected chi connectivity index (χ4v) is 2.80. The molecule has 1 saturated carbocycles. The lowest BCUT2D eigenvalue weighted by Crippen LogP contribution is -2.25. The molecule has 3 heteroatoms. The quantitative estimate of drug-likeness (QED) is 0.670. The van der Waals surface area contributed by atoms with E-state index in [0.29, 0.717) is 6.04 Å². The lowest BCUT2D eigenvalue weighted by molar-refractivity contribution is 0.286. The third-order valence-corrected chi connectivity index (χ3v) is 4.18. The number of nitrogens with one attached hydrogen (secondary N) is 2. The molecule has 0 bridgehead atoms. The number of aliphatic hydroxyl groups excluding tert-OH is 1. The molecule has 0 radical (unpaired) electrons. The maximum absolute atomic E-state index is 8.72. The number of hydrogen-bond donors (Lipinski definition) is 3. The Labute approximate surface area is 122 Å². The van der Waals surface area contributed by atoms with E-state index in [4.69, 9.17) is 5.11 Å². The summed E-state index contributed by atoms with van der Waals surface area (Å²) >= 11 is 0. The van der Waals surface area contributed by atoms with Crippen LogP contribution in [0, 0.1) is 5.92 Å². The van der Waals surface area contributed by atoms with E-state index in [1.807, 2.05) is 0 Å². The average Bonchev–Trinajstić information content (AvgIpc) is 2.48. The molecule has 0 aliphatic heterocycles. The van der Waals surface area contributed by atoms with Crippen molar-refractivity contribution in [1.29, 1.82) is 0 Å². The molecule has 20 heavy (non-hydrogen) atoms. The van der Waals surface area contributed by atoms with Crippen LogP contribution in [0.1, 0.15) is 44.6 Å². The summed E-state index contributed by atoms with van der Waals surface area (Å²) in [6.45, 7) is 4.36. The highest BCUT2D eigenvalue weighted by molar-refractivity contribution is 5.45. The molecule has 1 aromatic carbocycles. The fourth-order valence-electron chi connectivity index (χ4n) is 2.80. The standard InChI is InChI=1S/C17H28N2O/c1-14-3-7-16(8-4-14)19-17-9-5-15(6-10-17)13-18-11-2-12-20/h5-6,9-10,14,16,18-20H,2-4,7-8,11-13H2,1H3. The largest absolute Gasteiger partial charge is 0.396 e. The van der Waals surface area contributed by atoms with E-state index >= 15 is 0 Å². The highest BCUT2D eigenvalue weighted by atomic mass is 16.3. The Kier molecular flexibility index (Phi) is 6.34. The van der Waals surface area contributed by atoms with Crippen molar-refractivity contribution in [1.82, 2.24) is 5.32 Å². The van der Waals surface area contributed by atoms with Crippen LogP contribution in [-0.4, -0.2) is 24.3 Å². The molecular formula is C17H28N2O. The molecule has 112 valence electrons. The van der Waals surface area contributed by atoms with E-state index in [1.54, 1.807) is 0 Å². The molecule has 1 aromatic rings. The van der Waals surface area contributed by atoms with Crippen molar-refractivity contribution in [3.05, 3.63) is 29.8 Å². The van der Waals surface area contributed by atoms with Crippen molar-refractivity contribution < 1.29 is 5.11 Å². The average molecular weight is 276 g/mol. The van der Waals surface area contributed by atoms with Gasteiger partial charge in [-0.1, -0.05) is 19.1 Å². The molecule has 0 heterocycles. The normalized spacial score (nSPS) is 22.7. The van der Waals surface area contributed by atoms with Crippen LogP contribution in [0.25, 0.3) is 0 Å². The first kappa shape index (κ1) is 15.3. The van der Waals surface area contributed by atoms with Gasteiger partial charge in [-0.25, -0.2) is 0 Å². The maximum Gasteiger partial charge on any atom is 0.0443 e. The summed E-state index contributed by atoms with van der Waals surface area (Å²) in [5.74, 6) is 0.903. The number of rotatable bonds is 7. The van der Waals surface area contributed by atoms with E-state index in [2.05, 4.69) is 41.8 Å². The van der Waals surface area contributed by atoms with Crippen LogP contribution in [0.15, 0.2) is 24.3 Å². The topological polar surface area (TPSA) is 44.3 Å². The van der Waals surface area contributed by atoms with Crippen molar-refractivity contribution in [3.63, 3.8) is 0 Å². The summed E-state index contributed by atoms with van der Waals surface area (Å²) in [7, 11) is 0. The molecular weight excluding hydrogens is 248 g/mol. The number of benzene rings is 1. The van der Waals surface area contributed by atoms with Crippen molar-refractivity contribution in [2.24, 2.45) is 5.92 Å². The first-order chi connectivity index (χ1) is 9.78. The molecule has 0 spiro atoms. The van der Waals surface area contributed by atoms with Crippen LogP contribution >= 0.6 is 0 Å². The predicted octanol–water partition coefficient (Wildman–Crippen LogP) is 3.15. The molecule has 0 aromatic heterocycles. The summed E-state index contributed by atoms with van der Waals surface area (Å²) in [4.78, 5) is 0. The van der Waals surface area contributed by atoms with Gasteiger partial charge in [0.25, 0.3) is 0 Å². The van der Waals surface area contributed by atoms with E-state index in [-0.39, 0.29) is 6.61 Å². The Morgan fingerprint density at radius 2 is 1.80 bits per heavy atom. The zero-order chi connectivity index (χ0) is 14.2. The van der Waals surface area contributed by atoms with Gasteiger partial charge in [-0.3, -0.25) is 0 Å². The minimum Gasteiger partial charge on any atom is -0.396 e. The second-order valence-corrected chi connectivity index (χ2v) is 6.05. The van der Waals surface area contributed by atoms with E-state index in [0.717, 1.165) is 25.4 Å². The van der Waals surface area contributed by atoms with Crippen LogP contribution < -0.4 is 10.6 Å². The van der Waals surface area contributed by atoms with E-state index in [1.165, 1.54) is 36.9 Å². The van der Waals surface area contributed by atoms with Gasteiger partial charge in [0.05, 0.1) is 0 Å². The lowest BCUT2D eigenvalue weighted by atomic mass is 9.87. The second-order valence-electron chi connectivity index (χ2n) is 6.05. The van der Waals surface area contributed by atoms with Crippen LogP contribution in [0.3, 0.4) is 0 Å². The van der Waals surface area contributed by atoms with Crippen LogP contribution in [0.5, 0.6) is 0 Å². The number of hydrogen-bond acceptors (Lipinski definition) is 3. The van der Waals surface area contributed by atoms with Gasteiger partial charge in [0.1, 0.15) is 0 Å². The van der Waals surface area contributed by atoms with Crippen LogP contribution in [0.2, 0.25) is 0 Å². The second kappa shape index (κ2) is 8.28. The molecule has 0 unspecified atom stereocenters. The Bertz CT molecular complexity index is 369. The summed E-state index contributed by atoms with van der Waals surface area (Å²) in [6, 6.07) is 9.38. The van der Waals surface area contributed by atoms with E-state index < -0.39 is 0 Å². The third kappa shape index (κ3) is 5.14. The summed E-state index contributed by atoms with van der Waals surface area (Å²) in [5.41, 5.74) is 2.54. The van der Waals surface area contributed by atoms with Gasteiger partial charge in [0, 0.05) is 24.9 Å².